The number of nitrogens with one attached hydrogen (secondary N) is 2. The van der Waals surface area contributed by atoms with E-state index in [1.54, 1.807) is 13.8 Å². The highest BCUT2D eigenvalue weighted by Crippen LogP contribution is 2.28. The fourth-order valence-corrected chi connectivity index (χ4v) is 2.31. The molecule has 0 aliphatic rings. The van der Waals surface area contributed by atoms with Crippen LogP contribution in [0.25, 0.3) is 10.9 Å². The number of hydrogen-bond donors (Lipinski definition) is 4. The van der Waals surface area contributed by atoms with Gasteiger partial charge in [0, 0.05) is 34.7 Å². The van der Waals surface area contributed by atoms with E-state index in [2.05, 4.69) is 31.5 Å². The van der Waals surface area contributed by atoms with Gasteiger partial charge in [-0.25, -0.2) is 4.98 Å². The molecule has 0 saturated heterocycles. The molecule has 5 nitrogen and oxygen atoms in total. The van der Waals surface area contributed by atoms with Gasteiger partial charge in [0.2, 0.25) is 0 Å². The first-order valence-corrected chi connectivity index (χ1v) is 7.69. The summed E-state index contributed by atoms with van der Waals surface area (Å²) < 4.78 is 0.974. The average molecular weight is 354 g/mol. The van der Waals surface area contributed by atoms with Crippen LogP contribution < -0.4 is 10.6 Å². The molecule has 0 radical (unpaired) electrons. The second kappa shape index (κ2) is 7.06. The van der Waals surface area contributed by atoms with E-state index >= 15 is 0 Å². The van der Waals surface area contributed by atoms with Crippen molar-refractivity contribution in [1.82, 2.24) is 4.98 Å². The highest BCUT2D eigenvalue weighted by atomic mass is 79.9. The maximum absolute atomic E-state index is 9.45. The van der Waals surface area contributed by atoms with E-state index in [0.29, 0.717) is 18.9 Å². The Hall–Kier alpha value is -1.37. The van der Waals surface area contributed by atoms with Crippen molar-refractivity contribution in [3.8, 4) is 0 Å². The van der Waals surface area contributed by atoms with Gasteiger partial charge in [0.15, 0.2) is 0 Å². The quantitative estimate of drug-likeness (QED) is 0.642. The first-order chi connectivity index (χ1) is 9.95. The summed E-state index contributed by atoms with van der Waals surface area (Å²) in [4.78, 5) is 4.53. The molecule has 1 aromatic carbocycles. The molecule has 0 saturated carbocycles. The van der Waals surface area contributed by atoms with Gasteiger partial charge in [-0.05, 0) is 32.0 Å². The van der Waals surface area contributed by atoms with Crippen LogP contribution in [-0.2, 0) is 0 Å². The van der Waals surface area contributed by atoms with Crippen LogP contribution in [0.2, 0.25) is 0 Å². The van der Waals surface area contributed by atoms with Gasteiger partial charge in [-0.15, -0.1) is 0 Å². The molecule has 6 heteroatoms. The summed E-state index contributed by atoms with van der Waals surface area (Å²) >= 11 is 3.46. The Morgan fingerprint density at radius 2 is 1.76 bits per heavy atom. The lowest BCUT2D eigenvalue weighted by Crippen LogP contribution is -2.17. The summed E-state index contributed by atoms with van der Waals surface area (Å²) in [6.45, 7) is 4.35. The second-order valence-corrected chi connectivity index (χ2v) is 6.09. The zero-order chi connectivity index (χ0) is 15.4. The van der Waals surface area contributed by atoms with Crippen molar-refractivity contribution in [2.75, 3.05) is 23.7 Å². The van der Waals surface area contributed by atoms with Crippen LogP contribution in [0.3, 0.4) is 0 Å². The summed E-state index contributed by atoms with van der Waals surface area (Å²) in [5.41, 5.74) is 1.75. The number of aliphatic hydroxyl groups is 2. The Morgan fingerprint density at radius 1 is 1.10 bits per heavy atom. The zero-order valence-electron chi connectivity index (χ0n) is 12.1. The number of hydrogen-bond acceptors (Lipinski definition) is 5. The van der Waals surface area contributed by atoms with Gasteiger partial charge in [0.25, 0.3) is 0 Å². The molecule has 0 unspecified atom stereocenters. The number of aliphatic hydroxyl groups excluding tert-OH is 2. The standard InChI is InChI=1S/C15H20BrN3O2/c1-9(20)7-17-14-6-15(18-8-10(2)21)19-13-4-3-11(16)5-12(13)14/h3-6,9-10,20-21H,7-8H2,1-2H3,(H2,17,18,19)/t9-,10-/m1/s1. The molecule has 1 aromatic heterocycles. The molecule has 2 rings (SSSR count). The molecule has 0 aliphatic carbocycles. The number of benzene rings is 1. The van der Waals surface area contributed by atoms with Crippen LogP contribution >= 0.6 is 15.9 Å². The zero-order valence-corrected chi connectivity index (χ0v) is 13.7. The first-order valence-electron chi connectivity index (χ1n) is 6.90. The predicted molar refractivity (Wildman–Crippen MR) is 89.8 cm³/mol. The number of pyridine rings is 1. The highest BCUT2D eigenvalue weighted by Gasteiger charge is 2.08. The van der Waals surface area contributed by atoms with Crippen LogP contribution in [0.15, 0.2) is 28.7 Å². The summed E-state index contributed by atoms with van der Waals surface area (Å²) in [7, 11) is 0. The van der Waals surface area contributed by atoms with Crippen molar-refractivity contribution in [2.24, 2.45) is 0 Å². The molecule has 114 valence electrons. The van der Waals surface area contributed by atoms with Crippen molar-refractivity contribution in [3.63, 3.8) is 0 Å². The number of halogens is 1. The van der Waals surface area contributed by atoms with Crippen molar-refractivity contribution >= 4 is 38.3 Å². The number of fused-ring (bicyclic) bond motifs is 1. The van der Waals surface area contributed by atoms with Gasteiger partial charge >= 0.3 is 0 Å². The van der Waals surface area contributed by atoms with Crippen LogP contribution in [0.4, 0.5) is 11.5 Å². The number of aromatic nitrogens is 1. The summed E-state index contributed by atoms with van der Waals surface area (Å²) in [5, 5.41) is 26.1. The van der Waals surface area contributed by atoms with Crippen molar-refractivity contribution in [1.29, 1.82) is 0 Å². The molecule has 4 N–H and O–H groups in total. The van der Waals surface area contributed by atoms with Gasteiger partial charge in [-0.2, -0.15) is 0 Å². The minimum absolute atomic E-state index is 0.435. The van der Waals surface area contributed by atoms with Crippen LogP contribution in [-0.4, -0.2) is 40.5 Å². The average Bonchev–Trinajstić information content (AvgIpc) is 2.42. The molecule has 0 bridgehead atoms. The van der Waals surface area contributed by atoms with Gasteiger partial charge in [-0.1, -0.05) is 15.9 Å². The Bertz CT molecular complexity index is 617. The van der Waals surface area contributed by atoms with Crippen LogP contribution in [0.5, 0.6) is 0 Å². The Labute approximate surface area is 132 Å². The molecule has 2 aromatic rings. The van der Waals surface area contributed by atoms with E-state index in [4.69, 9.17) is 0 Å². The predicted octanol–water partition coefficient (Wildman–Crippen LogP) is 2.58. The minimum atomic E-state index is -0.443. The monoisotopic (exact) mass is 353 g/mol. The van der Waals surface area contributed by atoms with Gasteiger partial charge in [-0.3, -0.25) is 0 Å². The second-order valence-electron chi connectivity index (χ2n) is 5.18. The molecule has 21 heavy (non-hydrogen) atoms. The normalized spacial score (nSPS) is 14.0. The fourth-order valence-electron chi connectivity index (χ4n) is 1.94. The van der Waals surface area contributed by atoms with Crippen LogP contribution in [0, 0.1) is 0 Å². The minimum Gasteiger partial charge on any atom is -0.392 e. The number of anilines is 2. The molecule has 0 aliphatic heterocycles. The van der Waals surface area contributed by atoms with Crippen molar-refractivity contribution in [2.45, 2.75) is 26.1 Å². The molecule has 0 fully saturated rings. The largest absolute Gasteiger partial charge is 0.392 e. The topological polar surface area (TPSA) is 77.4 Å². The Balaban J connectivity index is 2.37. The lowest BCUT2D eigenvalue weighted by Gasteiger charge is -2.15. The maximum Gasteiger partial charge on any atom is 0.128 e. The van der Waals surface area contributed by atoms with E-state index in [1.165, 1.54) is 0 Å². The third-order valence-electron chi connectivity index (χ3n) is 2.94. The molecule has 0 amide bonds. The van der Waals surface area contributed by atoms with E-state index in [-0.39, 0.29) is 0 Å². The molecular formula is C15H20BrN3O2. The third kappa shape index (κ3) is 4.56. The SMILES string of the molecule is C[C@@H](O)CNc1cc(NC[C@@H](C)O)c2cc(Br)ccc2n1. The first kappa shape index (κ1) is 16.0. The van der Waals surface area contributed by atoms with E-state index in [1.807, 2.05) is 24.3 Å². The van der Waals surface area contributed by atoms with E-state index < -0.39 is 12.2 Å². The summed E-state index contributed by atoms with van der Waals surface area (Å²) in [6, 6.07) is 7.75. The molecule has 1 heterocycles. The smallest absolute Gasteiger partial charge is 0.128 e. The van der Waals surface area contributed by atoms with Gasteiger partial charge in [0.05, 0.1) is 17.7 Å². The van der Waals surface area contributed by atoms with E-state index in [9.17, 15) is 10.2 Å². The summed E-state index contributed by atoms with van der Waals surface area (Å²) in [5.74, 6) is 0.693. The fraction of sp³-hybridized carbons (Fsp3) is 0.400. The van der Waals surface area contributed by atoms with Crippen molar-refractivity contribution in [3.05, 3.63) is 28.7 Å². The third-order valence-corrected chi connectivity index (χ3v) is 3.43. The van der Waals surface area contributed by atoms with Crippen LogP contribution in [0.1, 0.15) is 13.8 Å². The maximum atomic E-state index is 9.45. The highest BCUT2D eigenvalue weighted by molar-refractivity contribution is 9.10. The van der Waals surface area contributed by atoms with Gasteiger partial charge < -0.3 is 20.8 Å². The Morgan fingerprint density at radius 3 is 2.43 bits per heavy atom. The van der Waals surface area contributed by atoms with E-state index in [0.717, 1.165) is 21.1 Å². The number of rotatable bonds is 6. The Kier molecular flexibility index (Phi) is 5.39. The molecule has 0 spiro atoms. The molecule has 2 atom stereocenters. The molecular weight excluding hydrogens is 334 g/mol. The van der Waals surface area contributed by atoms with Gasteiger partial charge in [0.1, 0.15) is 5.82 Å². The number of nitrogens with zero attached hydrogens (tertiary/aromatic N) is 1. The lowest BCUT2D eigenvalue weighted by molar-refractivity contribution is 0.208. The summed E-state index contributed by atoms with van der Waals surface area (Å²) in [6.07, 6.45) is -0.879. The van der Waals surface area contributed by atoms with Crippen molar-refractivity contribution < 1.29 is 10.2 Å². The lowest BCUT2D eigenvalue weighted by atomic mass is 10.1.